The molecule has 3 aliphatic heterocycles. The third-order valence-corrected chi connectivity index (χ3v) is 28.8. The normalized spacial score (nSPS) is 19.9. The van der Waals surface area contributed by atoms with Crippen LogP contribution in [0, 0.1) is 24.7 Å². The van der Waals surface area contributed by atoms with Crippen molar-refractivity contribution in [1.82, 2.24) is 56.2 Å². The molecular weight excluding hydrogens is 1840 g/mol. The van der Waals surface area contributed by atoms with Crippen molar-refractivity contribution in [3.8, 4) is 11.8 Å². The molecule has 3 aromatic carbocycles. The number of carboxylic acid groups (broad SMARTS) is 3. The van der Waals surface area contributed by atoms with Gasteiger partial charge in [0, 0.05) is 138 Å². The van der Waals surface area contributed by atoms with Gasteiger partial charge in [0.05, 0.1) is 36.8 Å². The van der Waals surface area contributed by atoms with E-state index >= 15 is 0 Å². The molecule has 722 valence electrons. The van der Waals surface area contributed by atoms with E-state index in [4.69, 9.17) is 25.2 Å². The van der Waals surface area contributed by atoms with Crippen LogP contribution in [0.1, 0.15) is 207 Å². The van der Waals surface area contributed by atoms with Crippen LogP contribution in [0.5, 0.6) is 0 Å². The number of carbonyl (C=O) groups is 13. The Kier molecular flexibility index (Phi) is 39.5. The van der Waals surface area contributed by atoms with Crippen molar-refractivity contribution in [1.29, 1.82) is 0 Å². The number of aliphatic hydroxyl groups is 1. The number of aliphatic hydroxyl groups excluding tert-OH is 1. The molecule has 9 rings (SSSR count). The Morgan fingerprint density at radius 3 is 2.05 bits per heavy atom. The van der Waals surface area contributed by atoms with Gasteiger partial charge in [0.25, 0.3) is 17.7 Å². The molecule has 12 atom stereocenters. The fraction of sp³-hybridized carbons (Fsp3) is 0.512. The lowest BCUT2D eigenvalue weighted by Gasteiger charge is -2.38. The van der Waals surface area contributed by atoms with Gasteiger partial charge in [-0.3, -0.25) is 71.6 Å². The van der Waals surface area contributed by atoms with E-state index in [1.165, 1.54) is 78.6 Å². The summed E-state index contributed by atoms with van der Waals surface area (Å²) in [4.78, 5) is 236. The molecule has 42 nitrogen and oxygen atoms in total. The Labute approximate surface area is 773 Å². The maximum Gasteiger partial charge on any atom is 0.490 e. The summed E-state index contributed by atoms with van der Waals surface area (Å²) in [5.41, 5.74) is 15.1. The van der Waals surface area contributed by atoms with Crippen molar-refractivity contribution in [3.63, 3.8) is 0 Å². The third kappa shape index (κ3) is 31.2. The van der Waals surface area contributed by atoms with Crippen LogP contribution in [0.15, 0.2) is 99.9 Å². The molecule has 4 aromatic rings. The smallest absolute Gasteiger partial charge is 0.481 e. The van der Waals surface area contributed by atoms with E-state index in [0.717, 1.165) is 51.8 Å². The lowest BCUT2D eigenvalue weighted by molar-refractivity contribution is -0.148. The fourth-order valence-electron chi connectivity index (χ4n) is 16.1. The zero-order valence-electron chi connectivity index (χ0n) is 73.9. The topological polar surface area (TPSA) is 627 Å². The minimum Gasteiger partial charge on any atom is -0.481 e. The van der Waals surface area contributed by atoms with Gasteiger partial charge in [-0.2, -0.15) is 13.6 Å². The highest BCUT2D eigenvalue weighted by atomic mass is 33.1. The lowest BCUT2D eigenvalue weighted by Crippen LogP contribution is -2.58. The molecule has 2 aliphatic carbocycles. The molecule has 9 amide bonds. The third-order valence-electron chi connectivity index (χ3n) is 22.6. The van der Waals surface area contributed by atoms with Gasteiger partial charge in [0.2, 0.25) is 35.4 Å². The number of aliphatic carboxylic acids is 3. The maximum atomic E-state index is 14.8. The number of aromatic nitrogens is 2. The van der Waals surface area contributed by atoms with E-state index in [9.17, 15) is 111 Å². The number of phosphoric acid groups is 3. The van der Waals surface area contributed by atoms with E-state index in [-0.39, 0.29) is 167 Å². The number of allylic oxidation sites excluding steroid dienone is 4. The first-order valence-corrected chi connectivity index (χ1v) is 50.3. The van der Waals surface area contributed by atoms with Crippen molar-refractivity contribution < 1.29 is 134 Å². The van der Waals surface area contributed by atoms with Gasteiger partial charge >= 0.3 is 47.1 Å². The second kappa shape index (κ2) is 49.6. The first-order chi connectivity index (χ1) is 63.0. The number of hydrogen-bond donors (Lipinski definition) is 15. The Morgan fingerprint density at radius 1 is 0.737 bits per heavy atom. The number of carboxylic acids is 3. The second-order valence-corrected chi connectivity index (χ2v) is 39.5. The first kappa shape index (κ1) is 106. The van der Waals surface area contributed by atoms with E-state index in [2.05, 4.69) is 108 Å². The number of anilines is 1. The van der Waals surface area contributed by atoms with Crippen molar-refractivity contribution in [3.05, 3.63) is 151 Å². The molecular formula is C86H112N13O29P3S2. The summed E-state index contributed by atoms with van der Waals surface area (Å²) < 4.78 is 53.2. The molecule has 0 spiro atoms. The second-order valence-electron chi connectivity index (χ2n) is 32.4. The molecule has 133 heavy (non-hydrogen) atoms. The number of likely N-dealkylation sites (tertiary alicyclic amines) is 2. The fourth-order valence-corrected chi connectivity index (χ4v) is 21.2. The molecule has 0 bridgehead atoms. The number of phosphoric ester groups is 1. The van der Waals surface area contributed by atoms with Crippen LogP contribution in [-0.2, 0) is 92.4 Å². The van der Waals surface area contributed by atoms with Crippen molar-refractivity contribution >= 4 is 133 Å². The monoisotopic (exact) mass is 1950 g/mol. The Bertz CT molecular complexity index is 5410. The summed E-state index contributed by atoms with van der Waals surface area (Å²) in [7, 11) is -12.8. The van der Waals surface area contributed by atoms with Crippen LogP contribution in [0.4, 0.5) is 5.82 Å². The van der Waals surface area contributed by atoms with Crippen LogP contribution in [0.2, 0.25) is 0 Å². The molecule has 4 heterocycles. The number of benzene rings is 3. The number of nitrogens with two attached hydrogens (primary N) is 1. The number of aliphatic imine (C=N–C) groups is 1. The Morgan fingerprint density at radius 2 is 1.38 bits per heavy atom. The minimum atomic E-state index is -5.84. The molecule has 47 heteroatoms. The van der Waals surface area contributed by atoms with Crippen molar-refractivity contribution in [2.45, 2.75) is 204 Å². The van der Waals surface area contributed by atoms with Gasteiger partial charge in [-0.1, -0.05) is 94.8 Å². The number of aryl methyl sites for hydroxylation is 2. The number of ketones is 1. The number of rotatable bonds is 48. The molecule has 10 unspecified atom stereocenters. The zero-order valence-corrected chi connectivity index (χ0v) is 78.2. The largest absolute Gasteiger partial charge is 0.490 e. The molecule has 5 aliphatic rings. The highest BCUT2D eigenvalue weighted by Crippen LogP contribution is 2.66. The quantitative estimate of drug-likeness (QED) is 0.0119. The number of amides is 9. The van der Waals surface area contributed by atoms with Gasteiger partial charge in [-0.25, -0.2) is 23.3 Å². The van der Waals surface area contributed by atoms with Gasteiger partial charge < -0.3 is 97.1 Å². The maximum absolute atomic E-state index is 14.8. The van der Waals surface area contributed by atoms with E-state index in [1.54, 1.807) is 11.9 Å². The van der Waals surface area contributed by atoms with E-state index in [0.29, 0.717) is 37.2 Å². The number of ether oxygens (including phenoxy) is 1. The predicted octanol–water partition coefficient (Wildman–Crippen LogP) is 5.06. The van der Waals surface area contributed by atoms with Crippen LogP contribution >= 0.6 is 45.1 Å². The number of Topliss-reactive ketones (excluding diaryl/α,β-unsaturated/α-hetero) is 1. The summed E-state index contributed by atoms with van der Waals surface area (Å²) in [5, 5.41) is 54.4. The van der Waals surface area contributed by atoms with Gasteiger partial charge in [0.1, 0.15) is 54.1 Å². The van der Waals surface area contributed by atoms with Crippen LogP contribution in [0.3, 0.4) is 0 Å². The average Bonchev–Trinajstić information content (AvgIpc) is 1.03. The number of carbonyl (C=O) groups excluding carboxylic acids is 10. The summed E-state index contributed by atoms with van der Waals surface area (Å²) >= 11 is 0. The average molecular weight is 1950 g/mol. The SMILES string of the molecule is CCCc1cc2c(cc1C)C(c1ccccc1C(=O)N(C)CCCC(=O)NCCNC(=O)c1cccc(C(=O)NCCCCC(NC(=O)C3CCCN3C(=O)CCSSCCC(=O)CCC#Cc3cn([C@H]4CC(O)[C@@H](COP(=O)(O)OP(=O)(O)OP(=O)(O)O)O4)c(=O)nc3N)C(=O)N3CCCC3C(=O)NC(CC(=O)O)C(=O)NC(CC(=O)O)C(=O)O)c1)C1C=C(C)C(=NCC)C=C1C2. The minimum absolute atomic E-state index is 0.00434. The summed E-state index contributed by atoms with van der Waals surface area (Å²) in [5.74, 6) is -5.24. The van der Waals surface area contributed by atoms with Gasteiger partial charge in [-0.15, -0.1) is 0 Å². The lowest BCUT2D eigenvalue weighted by atomic mass is 9.65. The Hall–Kier alpha value is -10.6. The predicted molar refractivity (Wildman–Crippen MR) is 485 cm³/mol. The molecule has 0 saturated carbocycles. The number of hydrogen-bond acceptors (Lipinski definition) is 27. The number of nitrogen functional groups attached to an aromatic ring is 1. The standard InChI is InChI=1S/C86H112N13O29P3S2/c1-6-18-52-41-56-43-57-44-64(88-7-2)51(4)40-62(57)76(61(56)39-50(52)3)59-23-10-11-24-60(59)83(113)96(5)34-17-28-71(102)89-32-33-91-79(109)54-21-14-20-53(42-54)78(108)90-31-13-12-25-63(84(114)98-36-16-27-68(98)82(112)93-65(45-74(104)105)80(110)94-66(85(115)116)46-75(106)107)92-81(111)67-26-15-35-97(67)72(103)30-38-133-132-37-29-58(100)22-9-8-19-55-48-99(86(117)95-77(55)87)73-47-69(101)70(126-73)49-125-130(121,122)128-131(123,124)127-129(118,119)120/h10-11,14,20-21,23-24,39-42,44,48,62-63,65-70,73,76,101H,6-7,9,12-13,15-18,22,25-38,43,45-47,49H2,1-5H3,(H,89,102)(H,90,108)(H,91,109)(H,92,111)(H,93,112)(H,94,110)(H,104,105)(H,106,107)(H,115,116)(H,121,122)(H,123,124)(H2,87,95,117)(H2,118,119,120)/t62?,63?,65?,66?,67?,68?,69?,70-,73-,76?/m1/s1. The number of nitrogens with one attached hydrogen (secondary N) is 6. The van der Waals surface area contributed by atoms with Gasteiger partial charge in [-0.05, 0) is 149 Å². The van der Waals surface area contributed by atoms with Gasteiger partial charge in [0.15, 0.2) is 0 Å². The van der Waals surface area contributed by atoms with Crippen molar-refractivity contribution in [2.75, 3.05) is 76.7 Å². The molecule has 1 aromatic heterocycles. The number of nitrogens with zero attached hydrogens (tertiary/aromatic N) is 6. The van der Waals surface area contributed by atoms with Crippen molar-refractivity contribution in [2.24, 2.45) is 10.9 Å². The highest BCUT2D eigenvalue weighted by Gasteiger charge is 2.46. The zero-order chi connectivity index (χ0) is 97.2. The highest BCUT2D eigenvalue weighted by molar-refractivity contribution is 8.76. The van der Waals surface area contributed by atoms with Crippen LogP contribution in [0.25, 0.3) is 0 Å². The summed E-state index contributed by atoms with van der Waals surface area (Å²) in [6, 6.07) is 10.6. The first-order valence-electron chi connectivity index (χ1n) is 43.3. The summed E-state index contributed by atoms with van der Waals surface area (Å²) in [6.07, 6.45) is 3.34. The number of fused-ring (bicyclic) bond motifs is 2. The van der Waals surface area contributed by atoms with Crippen LogP contribution in [-0.4, -0.2) is 260 Å². The Balaban J connectivity index is 0.735. The molecule has 16 N–H and O–H groups in total. The summed E-state index contributed by atoms with van der Waals surface area (Å²) in [6.45, 7) is 8.66. The van der Waals surface area contributed by atoms with E-state index in [1.807, 2.05) is 30.4 Å². The van der Waals surface area contributed by atoms with E-state index < -0.39 is 157 Å². The van der Waals surface area contributed by atoms with Crippen LogP contribution < -0.4 is 43.3 Å². The molecule has 3 fully saturated rings. The molecule has 3 saturated heterocycles. The molecule has 0 radical (unpaired) electrons. The number of unbranched alkanes of at least 4 members (excludes halogenated alkanes) is 1.